The molecule has 17 heavy (non-hydrogen) atoms. The van der Waals surface area contributed by atoms with E-state index in [1.54, 1.807) is 18.3 Å². The van der Waals surface area contributed by atoms with Crippen LogP contribution in [0, 0.1) is 0 Å². The lowest BCUT2D eigenvalue weighted by molar-refractivity contribution is 0.0697. The monoisotopic (exact) mass is 230 g/mol. The van der Waals surface area contributed by atoms with Crippen LogP contribution >= 0.6 is 0 Å². The minimum absolute atomic E-state index is 0.233. The number of rotatable bonds is 3. The largest absolute Gasteiger partial charge is 0.479 e. The maximum Gasteiger partial charge on any atom is 0.335 e. The van der Waals surface area contributed by atoms with Gasteiger partial charge in [0.15, 0.2) is 0 Å². The van der Waals surface area contributed by atoms with E-state index in [2.05, 4.69) is 9.97 Å². The number of hydrogen-bond donors (Lipinski definition) is 1. The van der Waals surface area contributed by atoms with Crippen LogP contribution in [0.1, 0.15) is 10.4 Å². The Morgan fingerprint density at radius 2 is 1.82 bits per heavy atom. The third-order valence-corrected chi connectivity index (χ3v) is 2.26. The van der Waals surface area contributed by atoms with Crippen molar-refractivity contribution < 1.29 is 14.6 Å². The average Bonchev–Trinajstić information content (AvgIpc) is 2.39. The van der Waals surface area contributed by atoms with Gasteiger partial charge in [0.25, 0.3) is 0 Å². The first-order valence-electron chi connectivity index (χ1n) is 4.91. The SMILES string of the molecule is COc1nccnc1-c1ccc(C(=O)O)cc1. The number of carboxylic acids is 1. The van der Waals surface area contributed by atoms with Gasteiger partial charge in [-0.05, 0) is 12.1 Å². The zero-order valence-electron chi connectivity index (χ0n) is 9.12. The number of aromatic carboxylic acids is 1. The van der Waals surface area contributed by atoms with Crippen LogP contribution in [-0.2, 0) is 0 Å². The van der Waals surface area contributed by atoms with Crippen molar-refractivity contribution in [3.63, 3.8) is 0 Å². The quantitative estimate of drug-likeness (QED) is 0.871. The average molecular weight is 230 g/mol. The molecule has 0 unspecified atom stereocenters. The molecule has 5 heteroatoms. The second-order valence-corrected chi connectivity index (χ2v) is 3.30. The maximum absolute atomic E-state index is 10.7. The van der Waals surface area contributed by atoms with Gasteiger partial charge in [-0.1, -0.05) is 12.1 Å². The molecule has 1 heterocycles. The number of aromatic nitrogens is 2. The number of hydrogen-bond acceptors (Lipinski definition) is 4. The fourth-order valence-corrected chi connectivity index (χ4v) is 1.44. The number of ether oxygens (including phenoxy) is 1. The Morgan fingerprint density at radius 3 is 2.41 bits per heavy atom. The number of nitrogens with zero attached hydrogens (tertiary/aromatic N) is 2. The second-order valence-electron chi connectivity index (χ2n) is 3.30. The molecule has 1 aromatic carbocycles. The van der Waals surface area contributed by atoms with E-state index >= 15 is 0 Å². The normalized spacial score (nSPS) is 9.94. The Bertz CT molecular complexity index is 538. The molecular weight excluding hydrogens is 220 g/mol. The summed E-state index contributed by atoms with van der Waals surface area (Å²) in [7, 11) is 1.51. The lowest BCUT2D eigenvalue weighted by Gasteiger charge is -2.05. The molecule has 0 amide bonds. The molecule has 0 bridgehead atoms. The van der Waals surface area contributed by atoms with E-state index in [1.165, 1.54) is 25.4 Å². The molecular formula is C12H10N2O3. The Balaban J connectivity index is 2.43. The van der Waals surface area contributed by atoms with Crippen LogP contribution in [0.5, 0.6) is 5.88 Å². The highest BCUT2D eigenvalue weighted by Crippen LogP contribution is 2.24. The van der Waals surface area contributed by atoms with E-state index < -0.39 is 5.97 Å². The molecule has 1 N–H and O–H groups in total. The second kappa shape index (κ2) is 4.61. The highest BCUT2D eigenvalue weighted by molar-refractivity contribution is 5.88. The third-order valence-electron chi connectivity index (χ3n) is 2.26. The summed E-state index contributed by atoms with van der Waals surface area (Å²) in [4.78, 5) is 18.9. The van der Waals surface area contributed by atoms with Crippen LogP contribution in [0.15, 0.2) is 36.7 Å². The van der Waals surface area contributed by atoms with Crippen LogP contribution in [0.25, 0.3) is 11.3 Å². The van der Waals surface area contributed by atoms with Gasteiger partial charge in [-0.15, -0.1) is 0 Å². The predicted octanol–water partition coefficient (Wildman–Crippen LogP) is 1.85. The Hall–Kier alpha value is -2.43. The van der Waals surface area contributed by atoms with Crippen molar-refractivity contribution in [3.05, 3.63) is 42.2 Å². The van der Waals surface area contributed by atoms with E-state index in [0.717, 1.165) is 5.56 Å². The maximum atomic E-state index is 10.7. The van der Waals surface area contributed by atoms with Gasteiger partial charge in [0.2, 0.25) is 5.88 Å². The molecule has 1 aromatic heterocycles. The van der Waals surface area contributed by atoms with E-state index in [4.69, 9.17) is 9.84 Å². The third kappa shape index (κ3) is 2.23. The number of carbonyl (C=O) groups is 1. The molecule has 0 aliphatic heterocycles. The van der Waals surface area contributed by atoms with Crippen molar-refractivity contribution in [1.29, 1.82) is 0 Å². The first kappa shape index (κ1) is 11.1. The van der Waals surface area contributed by atoms with Gasteiger partial charge < -0.3 is 9.84 Å². The summed E-state index contributed by atoms with van der Waals surface area (Å²) in [6.07, 6.45) is 3.09. The van der Waals surface area contributed by atoms with Crippen LogP contribution < -0.4 is 4.74 Å². The topological polar surface area (TPSA) is 72.3 Å². The fraction of sp³-hybridized carbons (Fsp3) is 0.0833. The number of carboxylic acid groups (broad SMARTS) is 1. The molecule has 0 aliphatic carbocycles. The number of methoxy groups -OCH3 is 1. The summed E-state index contributed by atoms with van der Waals surface area (Å²) in [5.74, 6) is -0.543. The summed E-state index contributed by atoms with van der Waals surface area (Å²) in [5.41, 5.74) is 1.59. The Morgan fingerprint density at radius 1 is 1.18 bits per heavy atom. The van der Waals surface area contributed by atoms with E-state index in [9.17, 15) is 4.79 Å². The molecule has 2 rings (SSSR count). The molecule has 5 nitrogen and oxygen atoms in total. The van der Waals surface area contributed by atoms with E-state index in [0.29, 0.717) is 11.6 Å². The molecule has 0 radical (unpaired) electrons. The predicted molar refractivity (Wildman–Crippen MR) is 61.0 cm³/mol. The van der Waals surface area contributed by atoms with Gasteiger partial charge in [0.05, 0.1) is 12.7 Å². The zero-order valence-corrected chi connectivity index (χ0v) is 9.12. The molecule has 0 spiro atoms. The molecule has 86 valence electrons. The summed E-state index contributed by atoms with van der Waals surface area (Å²) in [6, 6.07) is 6.39. The number of benzene rings is 1. The van der Waals surface area contributed by atoms with Gasteiger partial charge in [-0.25, -0.2) is 14.8 Å². The molecule has 0 saturated carbocycles. The van der Waals surface area contributed by atoms with Crippen LogP contribution in [0.4, 0.5) is 0 Å². The molecule has 0 fully saturated rings. The first-order chi connectivity index (χ1) is 8.22. The van der Waals surface area contributed by atoms with Crippen LogP contribution in [-0.4, -0.2) is 28.2 Å². The molecule has 0 saturated heterocycles. The van der Waals surface area contributed by atoms with Gasteiger partial charge >= 0.3 is 5.97 Å². The Labute approximate surface area is 97.7 Å². The molecule has 0 aliphatic rings. The zero-order chi connectivity index (χ0) is 12.3. The van der Waals surface area contributed by atoms with E-state index in [1.807, 2.05) is 0 Å². The summed E-state index contributed by atoms with van der Waals surface area (Å²) >= 11 is 0. The van der Waals surface area contributed by atoms with Gasteiger partial charge in [-0.2, -0.15) is 0 Å². The minimum atomic E-state index is -0.956. The van der Waals surface area contributed by atoms with Gasteiger partial charge in [0, 0.05) is 18.0 Å². The fourth-order valence-electron chi connectivity index (χ4n) is 1.44. The minimum Gasteiger partial charge on any atom is -0.479 e. The first-order valence-corrected chi connectivity index (χ1v) is 4.91. The molecule has 2 aromatic rings. The van der Waals surface area contributed by atoms with Crippen molar-refractivity contribution in [2.24, 2.45) is 0 Å². The summed E-state index contributed by atoms with van der Waals surface area (Å²) < 4.78 is 5.09. The van der Waals surface area contributed by atoms with Crippen LogP contribution in [0.3, 0.4) is 0 Å². The lowest BCUT2D eigenvalue weighted by atomic mass is 10.1. The highest BCUT2D eigenvalue weighted by atomic mass is 16.5. The smallest absolute Gasteiger partial charge is 0.335 e. The summed E-state index contributed by atoms with van der Waals surface area (Å²) in [5, 5.41) is 8.79. The van der Waals surface area contributed by atoms with Gasteiger partial charge in [-0.3, -0.25) is 0 Å². The summed E-state index contributed by atoms with van der Waals surface area (Å²) in [6.45, 7) is 0. The van der Waals surface area contributed by atoms with Crippen molar-refractivity contribution in [2.75, 3.05) is 7.11 Å². The van der Waals surface area contributed by atoms with Crippen molar-refractivity contribution >= 4 is 5.97 Å². The van der Waals surface area contributed by atoms with Crippen molar-refractivity contribution in [2.45, 2.75) is 0 Å². The Kier molecular flexibility index (Phi) is 3.00. The highest BCUT2D eigenvalue weighted by Gasteiger charge is 2.09. The molecule has 0 atom stereocenters. The van der Waals surface area contributed by atoms with Gasteiger partial charge in [0.1, 0.15) is 5.69 Å². The standard InChI is InChI=1S/C12H10N2O3/c1-17-11-10(13-6-7-14-11)8-2-4-9(5-3-8)12(15)16/h2-7H,1H3,(H,15,16). The van der Waals surface area contributed by atoms with Crippen LogP contribution in [0.2, 0.25) is 0 Å². The van der Waals surface area contributed by atoms with Crippen molar-refractivity contribution in [3.8, 4) is 17.1 Å². The van der Waals surface area contributed by atoms with Crippen molar-refractivity contribution in [1.82, 2.24) is 9.97 Å². The lowest BCUT2D eigenvalue weighted by Crippen LogP contribution is -1.97. The van der Waals surface area contributed by atoms with E-state index in [-0.39, 0.29) is 5.56 Å².